The molecule has 4 aromatic rings. The van der Waals surface area contributed by atoms with Crippen molar-refractivity contribution in [1.82, 2.24) is 14.8 Å². The Bertz CT molecular complexity index is 1410. The second kappa shape index (κ2) is 8.48. The van der Waals surface area contributed by atoms with Crippen LogP contribution in [0.4, 0.5) is 27.6 Å². The second-order valence-electron chi connectivity index (χ2n) is 7.16. The van der Waals surface area contributed by atoms with Crippen LogP contribution in [-0.4, -0.2) is 26.6 Å². The number of fused-ring (bicyclic) bond motifs is 1. The summed E-state index contributed by atoms with van der Waals surface area (Å²) in [6.07, 6.45) is -3.81. The van der Waals surface area contributed by atoms with E-state index in [-0.39, 0.29) is 31.0 Å². The van der Waals surface area contributed by atoms with Crippen LogP contribution in [0.5, 0.6) is 0 Å². The van der Waals surface area contributed by atoms with Crippen molar-refractivity contribution >= 4 is 39.1 Å². The van der Waals surface area contributed by atoms with Crippen LogP contribution in [0, 0.1) is 6.92 Å². The van der Waals surface area contributed by atoms with E-state index in [1.807, 2.05) is 0 Å². The largest absolute Gasteiger partial charge is 0.433 e. The first-order chi connectivity index (χ1) is 16.0. The summed E-state index contributed by atoms with van der Waals surface area (Å²) in [4.78, 5) is 28.0. The number of aryl methyl sites for hydroxylation is 1. The maximum Gasteiger partial charge on any atom is 0.433 e. The van der Waals surface area contributed by atoms with E-state index in [0.29, 0.717) is 16.9 Å². The van der Waals surface area contributed by atoms with Crippen LogP contribution in [0.3, 0.4) is 0 Å². The van der Waals surface area contributed by atoms with Crippen LogP contribution < -0.4 is 11.1 Å². The lowest BCUT2D eigenvalue weighted by molar-refractivity contribution is -0.140. The second-order valence-corrected chi connectivity index (χ2v) is 8.16. The zero-order valence-electron chi connectivity index (χ0n) is 17.2. The molecule has 0 spiro atoms. The number of carbonyl (C=O) groups is 2. The van der Waals surface area contributed by atoms with Crippen molar-refractivity contribution in [3.05, 3.63) is 64.4 Å². The monoisotopic (exact) mass is 495 g/mol. The molecule has 0 aliphatic carbocycles. The summed E-state index contributed by atoms with van der Waals surface area (Å²) < 4.78 is 67.2. The van der Waals surface area contributed by atoms with Crippen LogP contribution >= 0.6 is 11.3 Å². The van der Waals surface area contributed by atoms with Gasteiger partial charge in [0.1, 0.15) is 21.1 Å². The molecule has 1 aromatic carbocycles. The summed E-state index contributed by atoms with van der Waals surface area (Å²) in [6, 6.07) is 8.32. The third-order valence-corrected chi connectivity index (χ3v) is 5.96. The number of hydrogen-bond donors (Lipinski definition) is 2. The predicted octanol–water partition coefficient (Wildman–Crippen LogP) is 5.23. The van der Waals surface area contributed by atoms with E-state index in [9.17, 15) is 31.5 Å². The molecule has 0 aliphatic heterocycles. The van der Waals surface area contributed by atoms with E-state index < -0.39 is 35.9 Å². The fourth-order valence-electron chi connectivity index (χ4n) is 3.32. The zero-order chi connectivity index (χ0) is 24.8. The van der Waals surface area contributed by atoms with Gasteiger partial charge in [-0.2, -0.15) is 31.7 Å². The number of benzene rings is 1. The number of amides is 2. The number of hydrogen-bond acceptors (Lipinski definition) is 5. The minimum atomic E-state index is -4.79. The topological polar surface area (TPSA) is 103 Å². The molecule has 13 heteroatoms. The third kappa shape index (κ3) is 4.21. The van der Waals surface area contributed by atoms with E-state index >= 15 is 0 Å². The first kappa shape index (κ1) is 23.3. The van der Waals surface area contributed by atoms with Crippen LogP contribution in [0.1, 0.15) is 38.0 Å². The van der Waals surface area contributed by atoms with Crippen molar-refractivity contribution in [3.8, 4) is 11.1 Å². The van der Waals surface area contributed by atoms with E-state index in [1.54, 1.807) is 31.2 Å². The van der Waals surface area contributed by atoms with Crippen molar-refractivity contribution in [2.75, 3.05) is 5.32 Å². The highest BCUT2D eigenvalue weighted by molar-refractivity contribution is 7.21. The van der Waals surface area contributed by atoms with Gasteiger partial charge in [0, 0.05) is 11.6 Å². The van der Waals surface area contributed by atoms with Gasteiger partial charge >= 0.3 is 12.7 Å². The number of rotatable bonds is 5. The summed E-state index contributed by atoms with van der Waals surface area (Å²) in [5, 5.41) is 5.75. The van der Waals surface area contributed by atoms with Crippen LogP contribution in [-0.2, 0) is 6.18 Å². The van der Waals surface area contributed by atoms with Crippen molar-refractivity contribution in [2.24, 2.45) is 5.73 Å². The molecule has 0 aliphatic rings. The summed E-state index contributed by atoms with van der Waals surface area (Å²) in [5.74, 6) is -2.10. The van der Waals surface area contributed by atoms with Crippen LogP contribution in [0.2, 0.25) is 0 Å². The fourth-order valence-corrected chi connectivity index (χ4v) is 4.33. The van der Waals surface area contributed by atoms with Crippen molar-refractivity contribution in [1.29, 1.82) is 0 Å². The number of pyridine rings is 1. The van der Waals surface area contributed by atoms with Gasteiger partial charge in [-0.3, -0.25) is 9.59 Å². The standard InChI is InChI=1S/C21H14F5N5O2S/c1-9-2-4-10(5-3-9)11-8-13(21(24,25)26)29-19-14(11)15(16(34-19)17(27)32)30-18(33)12-6-7-28-31(12)20(22)23/h2-8,20H,1H3,(H2,27,32)(H,30,33). The molecule has 7 nitrogen and oxygen atoms in total. The highest BCUT2D eigenvalue weighted by Crippen LogP contribution is 2.43. The Morgan fingerprint density at radius 3 is 2.41 bits per heavy atom. The SMILES string of the molecule is Cc1ccc(-c2cc(C(F)(F)F)nc3sc(C(N)=O)c(NC(=O)c4ccnn4C(F)F)c23)cc1. The molecule has 0 fully saturated rings. The van der Waals surface area contributed by atoms with Gasteiger partial charge in [-0.05, 0) is 30.2 Å². The number of carbonyl (C=O) groups excluding carboxylic acids is 2. The molecule has 34 heavy (non-hydrogen) atoms. The predicted molar refractivity (Wildman–Crippen MR) is 115 cm³/mol. The summed E-state index contributed by atoms with van der Waals surface area (Å²) in [6.45, 7) is -1.33. The van der Waals surface area contributed by atoms with E-state index in [0.717, 1.165) is 23.9 Å². The Morgan fingerprint density at radius 2 is 1.82 bits per heavy atom. The Morgan fingerprint density at radius 1 is 1.15 bits per heavy atom. The quantitative estimate of drug-likeness (QED) is 0.370. The first-order valence-corrected chi connectivity index (χ1v) is 10.3. The van der Waals surface area contributed by atoms with E-state index in [1.165, 1.54) is 0 Å². The number of halogens is 5. The van der Waals surface area contributed by atoms with Gasteiger partial charge in [-0.1, -0.05) is 29.8 Å². The normalized spacial score (nSPS) is 11.9. The molecule has 0 bridgehead atoms. The first-order valence-electron chi connectivity index (χ1n) is 9.52. The van der Waals surface area contributed by atoms with Gasteiger partial charge in [0.15, 0.2) is 0 Å². The zero-order valence-corrected chi connectivity index (χ0v) is 18.0. The smallest absolute Gasteiger partial charge is 0.365 e. The van der Waals surface area contributed by atoms with Gasteiger partial charge in [0.05, 0.1) is 5.69 Å². The van der Waals surface area contributed by atoms with Gasteiger partial charge in [0.25, 0.3) is 11.8 Å². The van der Waals surface area contributed by atoms with Crippen LogP contribution in [0.25, 0.3) is 21.3 Å². The molecule has 2 amide bonds. The van der Waals surface area contributed by atoms with Gasteiger partial charge in [0.2, 0.25) is 0 Å². The number of primary amides is 1. The Labute approximate surface area is 192 Å². The molecule has 4 rings (SSSR count). The number of thiophene rings is 1. The highest BCUT2D eigenvalue weighted by Gasteiger charge is 2.35. The third-order valence-electron chi connectivity index (χ3n) is 4.87. The number of anilines is 1. The Balaban J connectivity index is 1.97. The molecule has 0 unspecified atom stereocenters. The molecule has 0 radical (unpaired) electrons. The average Bonchev–Trinajstić information content (AvgIpc) is 3.39. The highest BCUT2D eigenvalue weighted by atomic mass is 32.1. The van der Waals surface area contributed by atoms with Gasteiger partial charge in [-0.15, -0.1) is 11.3 Å². The molecule has 3 heterocycles. The lowest BCUT2D eigenvalue weighted by Crippen LogP contribution is -2.20. The van der Waals surface area contributed by atoms with E-state index in [2.05, 4.69) is 15.4 Å². The molecule has 176 valence electrons. The lowest BCUT2D eigenvalue weighted by Gasteiger charge is -2.13. The minimum Gasteiger partial charge on any atom is -0.365 e. The molecule has 3 N–H and O–H groups in total. The van der Waals surface area contributed by atoms with Crippen molar-refractivity contribution < 1.29 is 31.5 Å². The van der Waals surface area contributed by atoms with Crippen molar-refractivity contribution in [3.63, 3.8) is 0 Å². The van der Waals surface area contributed by atoms with Crippen molar-refractivity contribution in [2.45, 2.75) is 19.6 Å². The molecule has 0 atom stereocenters. The summed E-state index contributed by atoms with van der Waals surface area (Å²) >= 11 is 0.553. The number of nitrogens with zero attached hydrogens (tertiary/aromatic N) is 3. The maximum atomic E-state index is 13.6. The molecule has 3 aromatic heterocycles. The number of nitrogens with one attached hydrogen (secondary N) is 1. The Hall–Kier alpha value is -3.87. The Kier molecular flexibility index (Phi) is 5.81. The number of alkyl halides is 5. The van der Waals surface area contributed by atoms with Gasteiger partial charge < -0.3 is 11.1 Å². The van der Waals surface area contributed by atoms with E-state index in [4.69, 9.17) is 5.73 Å². The molecule has 0 saturated heterocycles. The summed E-state index contributed by atoms with van der Waals surface area (Å²) in [7, 11) is 0. The molecular formula is C21H14F5N5O2S. The average molecular weight is 495 g/mol. The summed E-state index contributed by atoms with van der Waals surface area (Å²) in [5.41, 5.74) is 4.69. The van der Waals surface area contributed by atoms with Crippen LogP contribution in [0.15, 0.2) is 42.6 Å². The van der Waals surface area contributed by atoms with Gasteiger partial charge in [-0.25, -0.2) is 4.98 Å². The lowest BCUT2D eigenvalue weighted by atomic mass is 10.00. The molecule has 0 saturated carbocycles. The maximum absolute atomic E-state index is 13.6. The number of aromatic nitrogens is 3. The number of nitrogens with two attached hydrogens (primary N) is 1. The molecular weight excluding hydrogens is 481 g/mol. The fraction of sp³-hybridized carbons (Fsp3) is 0.143. The minimum absolute atomic E-state index is 0.0205.